The van der Waals surface area contributed by atoms with Gasteiger partial charge in [0, 0.05) is 36.0 Å². The summed E-state index contributed by atoms with van der Waals surface area (Å²) in [5.74, 6) is 1.43. The molecule has 0 amide bonds. The van der Waals surface area contributed by atoms with Gasteiger partial charge in [0.05, 0.1) is 18.9 Å². The summed E-state index contributed by atoms with van der Waals surface area (Å²) in [7, 11) is 0. The van der Waals surface area contributed by atoms with E-state index in [1.165, 1.54) is 11.3 Å². The molecule has 3 heterocycles. The molecular weight excluding hydrogens is 408 g/mol. The number of nitrogens with one attached hydrogen (secondary N) is 1. The first-order valence-corrected chi connectivity index (χ1v) is 9.70. The lowest BCUT2D eigenvalue weighted by Crippen LogP contribution is -2.36. The second-order valence-electron chi connectivity index (χ2n) is 6.40. The summed E-state index contributed by atoms with van der Waals surface area (Å²) < 4.78 is 8.27. The second kappa shape index (κ2) is 8.06. The predicted molar refractivity (Wildman–Crippen MR) is 108 cm³/mol. The molecule has 1 aliphatic rings. The topological polar surface area (TPSA) is 68.1 Å². The van der Waals surface area contributed by atoms with Crippen molar-refractivity contribution in [1.29, 1.82) is 0 Å². The third-order valence-corrected chi connectivity index (χ3v) is 4.96. The van der Waals surface area contributed by atoms with Crippen molar-refractivity contribution in [3.8, 4) is 5.82 Å². The predicted octanol–water partition coefficient (Wildman–Crippen LogP) is 3.18. The van der Waals surface area contributed by atoms with Crippen LogP contribution < -0.4 is 10.2 Å². The van der Waals surface area contributed by atoms with Gasteiger partial charge in [-0.05, 0) is 42.8 Å². The van der Waals surface area contributed by atoms with Gasteiger partial charge in [-0.25, -0.2) is 4.68 Å². The van der Waals surface area contributed by atoms with Crippen molar-refractivity contribution >= 4 is 27.4 Å². The summed E-state index contributed by atoms with van der Waals surface area (Å²) in [6.45, 7) is 5.96. The lowest BCUT2D eigenvalue weighted by atomic mass is 10.1. The van der Waals surface area contributed by atoms with Gasteiger partial charge < -0.3 is 15.0 Å². The molecule has 1 N–H and O–H groups in total. The lowest BCUT2D eigenvalue weighted by molar-refractivity contribution is 0.122. The van der Waals surface area contributed by atoms with Crippen LogP contribution in [0.4, 0.5) is 11.5 Å². The zero-order valence-corrected chi connectivity index (χ0v) is 16.7. The number of halogens is 1. The van der Waals surface area contributed by atoms with Crippen LogP contribution in [0.25, 0.3) is 5.82 Å². The number of morpholine rings is 1. The van der Waals surface area contributed by atoms with E-state index in [9.17, 15) is 0 Å². The number of benzene rings is 1. The number of aryl methyl sites for hydroxylation is 1. The summed E-state index contributed by atoms with van der Waals surface area (Å²) in [6.07, 6.45) is 1.88. The average Bonchev–Trinajstić information content (AvgIpc) is 3.14. The molecule has 1 aliphatic heterocycles. The summed E-state index contributed by atoms with van der Waals surface area (Å²) in [4.78, 5) is 2.36. The second-order valence-corrected chi connectivity index (χ2v) is 7.32. The third-order valence-electron chi connectivity index (χ3n) is 4.47. The van der Waals surface area contributed by atoms with Crippen molar-refractivity contribution in [2.45, 2.75) is 13.5 Å². The number of rotatable bonds is 5. The summed E-state index contributed by atoms with van der Waals surface area (Å²) in [6, 6.07) is 12.1. The van der Waals surface area contributed by atoms with Crippen molar-refractivity contribution in [3.05, 3.63) is 58.3 Å². The van der Waals surface area contributed by atoms with Gasteiger partial charge in [-0.2, -0.15) is 5.10 Å². The van der Waals surface area contributed by atoms with Crippen LogP contribution in [0.5, 0.6) is 0 Å². The lowest BCUT2D eigenvalue weighted by Gasteiger charge is -2.31. The minimum absolute atomic E-state index is 0.675. The number of nitrogens with zero attached hydrogens (tertiary/aromatic N) is 5. The van der Waals surface area contributed by atoms with E-state index >= 15 is 0 Å². The van der Waals surface area contributed by atoms with E-state index in [0.717, 1.165) is 42.3 Å². The number of anilines is 2. The number of hydrogen-bond donors (Lipinski definition) is 1. The molecular formula is C19H21BrN6O. The highest BCUT2D eigenvalue weighted by Crippen LogP contribution is 2.26. The minimum Gasteiger partial charge on any atom is -0.378 e. The Morgan fingerprint density at radius 2 is 1.96 bits per heavy atom. The van der Waals surface area contributed by atoms with Gasteiger partial charge in [0.2, 0.25) is 0 Å². The van der Waals surface area contributed by atoms with Crippen molar-refractivity contribution in [3.63, 3.8) is 0 Å². The van der Waals surface area contributed by atoms with Crippen LogP contribution in [0, 0.1) is 6.92 Å². The molecule has 4 rings (SSSR count). The molecule has 1 fully saturated rings. The SMILES string of the molecule is Cc1ccn(-c2ccc(NCc3ccc(Br)cc3N3CCOCC3)nn2)n1. The Morgan fingerprint density at radius 1 is 1.11 bits per heavy atom. The molecule has 3 aromatic rings. The van der Waals surface area contributed by atoms with Crippen LogP contribution in [0.3, 0.4) is 0 Å². The van der Waals surface area contributed by atoms with Crippen molar-refractivity contribution < 1.29 is 4.74 Å². The Bertz CT molecular complexity index is 905. The molecule has 2 aromatic heterocycles. The van der Waals surface area contributed by atoms with E-state index in [0.29, 0.717) is 12.4 Å². The molecule has 0 atom stereocenters. The molecule has 7 nitrogen and oxygen atoms in total. The summed E-state index contributed by atoms with van der Waals surface area (Å²) >= 11 is 3.58. The van der Waals surface area contributed by atoms with Crippen LogP contribution in [-0.2, 0) is 11.3 Å². The Morgan fingerprint density at radius 3 is 2.67 bits per heavy atom. The normalized spacial score (nSPS) is 14.4. The fourth-order valence-electron chi connectivity index (χ4n) is 3.06. The van der Waals surface area contributed by atoms with E-state index in [2.05, 4.69) is 59.6 Å². The highest BCUT2D eigenvalue weighted by molar-refractivity contribution is 9.10. The Balaban J connectivity index is 1.47. The molecule has 0 saturated carbocycles. The van der Waals surface area contributed by atoms with Gasteiger partial charge in [0.25, 0.3) is 0 Å². The van der Waals surface area contributed by atoms with Gasteiger partial charge in [0.15, 0.2) is 5.82 Å². The van der Waals surface area contributed by atoms with Crippen molar-refractivity contribution in [2.24, 2.45) is 0 Å². The van der Waals surface area contributed by atoms with Crippen LogP contribution >= 0.6 is 15.9 Å². The Kier molecular flexibility index (Phi) is 5.35. The average molecular weight is 429 g/mol. The highest BCUT2D eigenvalue weighted by Gasteiger charge is 2.15. The first-order valence-electron chi connectivity index (χ1n) is 8.90. The monoisotopic (exact) mass is 428 g/mol. The third kappa shape index (κ3) is 4.28. The minimum atomic E-state index is 0.675. The van der Waals surface area contributed by atoms with E-state index in [4.69, 9.17) is 4.74 Å². The van der Waals surface area contributed by atoms with Gasteiger partial charge in [-0.15, -0.1) is 10.2 Å². The number of aromatic nitrogens is 4. The quantitative estimate of drug-likeness (QED) is 0.672. The first-order chi connectivity index (χ1) is 13.2. The smallest absolute Gasteiger partial charge is 0.175 e. The molecule has 0 aliphatic carbocycles. The van der Waals surface area contributed by atoms with Gasteiger partial charge in [-0.3, -0.25) is 0 Å². The van der Waals surface area contributed by atoms with Crippen LogP contribution in [0.1, 0.15) is 11.3 Å². The van der Waals surface area contributed by atoms with Crippen LogP contribution in [0.2, 0.25) is 0 Å². The van der Waals surface area contributed by atoms with Gasteiger partial charge >= 0.3 is 0 Å². The maximum Gasteiger partial charge on any atom is 0.175 e. The maximum absolute atomic E-state index is 5.48. The molecule has 0 radical (unpaired) electrons. The fraction of sp³-hybridized carbons (Fsp3) is 0.316. The largest absolute Gasteiger partial charge is 0.378 e. The molecule has 1 saturated heterocycles. The van der Waals surface area contributed by atoms with Gasteiger partial charge in [-0.1, -0.05) is 22.0 Å². The first kappa shape index (κ1) is 17.9. The number of hydrogen-bond acceptors (Lipinski definition) is 6. The molecule has 140 valence electrons. The maximum atomic E-state index is 5.48. The molecule has 1 aromatic carbocycles. The molecule has 0 bridgehead atoms. The van der Waals surface area contributed by atoms with Gasteiger partial charge in [0.1, 0.15) is 5.82 Å². The zero-order valence-electron chi connectivity index (χ0n) is 15.1. The van der Waals surface area contributed by atoms with Crippen LogP contribution in [-0.4, -0.2) is 46.3 Å². The van der Waals surface area contributed by atoms with E-state index in [1.807, 2.05) is 31.3 Å². The van der Waals surface area contributed by atoms with Crippen molar-refractivity contribution in [1.82, 2.24) is 20.0 Å². The fourth-order valence-corrected chi connectivity index (χ4v) is 3.40. The summed E-state index contributed by atoms with van der Waals surface area (Å²) in [5, 5.41) is 16.2. The molecule has 0 unspecified atom stereocenters. The number of ether oxygens (including phenoxy) is 1. The molecule has 0 spiro atoms. The Labute approximate surface area is 166 Å². The van der Waals surface area contributed by atoms with E-state index in [-0.39, 0.29) is 0 Å². The highest BCUT2D eigenvalue weighted by atomic mass is 79.9. The zero-order chi connectivity index (χ0) is 18.6. The standard InChI is InChI=1S/C19H21BrN6O/c1-14-6-7-26(24-14)19-5-4-18(22-23-19)21-13-15-2-3-16(20)12-17(15)25-8-10-27-11-9-25/h2-7,12H,8-11,13H2,1H3,(H,21,22). The van der Waals surface area contributed by atoms with E-state index in [1.54, 1.807) is 4.68 Å². The molecule has 27 heavy (non-hydrogen) atoms. The summed E-state index contributed by atoms with van der Waals surface area (Å²) in [5.41, 5.74) is 3.38. The Hall–Kier alpha value is -2.45. The van der Waals surface area contributed by atoms with Crippen molar-refractivity contribution in [2.75, 3.05) is 36.5 Å². The van der Waals surface area contributed by atoms with E-state index < -0.39 is 0 Å². The van der Waals surface area contributed by atoms with Crippen LogP contribution in [0.15, 0.2) is 47.1 Å². The molecule has 8 heteroatoms.